The van der Waals surface area contributed by atoms with Gasteiger partial charge in [0.25, 0.3) is 12.5 Å². The monoisotopic (exact) mass is 148 g/mol. The van der Waals surface area contributed by atoms with Crippen LogP contribution in [0.5, 0.6) is 0 Å². The van der Waals surface area contributed by atoms with Crippen LogP contribution in [-0.2, 0) is 0 Å². The maximum atomic E-state index is 11.0. The van der Waals surface area contributed by atoms with Crippen molar-refractivity contribution in [1.82, 2.24) is 0 Å². The largest absolute Gasteiger partial charge is 0.290 e. The van der Waals surface area contributed by atoms with Gasteiger partial charge in [-0.15, -0.1) is 0 Å². The third-order valence-electron chi connectivity index (χ3n) is 0.372. The molecular formula is C3HClF4. The quantitative estimate of drug-likeness (QED) is 0.502. The molecule has 0 aromatic heterocycles. The number of hydrogen-bond donors (Lipinski definition) is 0. The van der Waals surface area contributed by atoms with Crippen molar-refractivity contribution in [2.24, 2.45) is 0 Å². The van der Waals surface area contributed by atoms with E-state index in [9.17, 15) is 17.6 Å². The first kappa shape index (κ1) is 7.75. The van der Waals surface area contributed by atoms with Crippen LogP contribution in [0.1, 0.15) is 0 Å². The molecule has 0 fully saturated rings. The lowest BCUT2D eigenvalue weighted by Gasteiger charge is -1.89. The van der Waals surface area contributed by atoms with E-state index in [-0.39, 0.29) is 0 Å². The molecule has 48 valence electrons. The highest BCUT2D eigenvalue weighted by Crippen LogP contribution is 2.19. The second-order valence-corrected chi connectivity index (χ2v) is 1.32. The van der Waals surface area contributed by atoms with Crippen molar-refractivity contribution in [3.63, 3.8) is 0 Å². The molecule has 0 aromatic carbocycles. The van der Waals surface area contributed by atoms with Gasteiger partial charge in [-0.3, -0.25) is 0 Å². The van der Waals surface area contributed by atoms with Crippen molar-refractivity contribution in [3.8, 4) is 0 Å². The van der Waals surface area contributed by atoms with Crippen molar-refractivity contribution >= 4 is 11.6 Å². The van der Waals surface area contributed by atoms with Crippen molar-refractivity contribution in [2.45, 2.75) is 6.43 Å². The van der Waals surface area contributed by atoms with Crippen LogP contribution in [-0.4, -0.2) is 6.43 Å². The Morgan fingerprint density at radius 3 is 1.62 bits per heavy atom. The molecule has 0 aromatic rings. The average Bonchev–Trinajstić information content (AvgIpc) is 1.64. The maximum Gasteiger partial charge on any atom is 0.290 e. The Kier molecular flexibility index (Phi) is 2.82. The summed E-state index contributed by atoms with van der Waals surface area (Å²) in [5.74, 6) is 0. The number of halogens is 5. The lowest BCUT2D eigenvalue weighted by Crippen LogP contribution is -1.89. The Hall–Kier alpha value is -0.250. The molecule has 0 bridgehead atoms. The summed E-state index contributed by atoms with van der Waals surface area (Å²) in [6, 6.07) is 0. The Labute approximate surface area is 47.7 Å². The van der Waals surface area contributed by atoms with E-state index >= 15 is 0 Å². The topological polar surface area (TPSA) is 0 Å². The predicted octanol–water partition coefficient (Wildman–Crippen LogP) is 2.60. The van der Waals surface area contributed by atoms with Gasteiger partial charge in [0.15, 0.2) is 0 Å². The molecule has 0 spiro atoms. The first-order valence-electron chi connectivity index (χ1n) is 1.54. The lowest BCUT2D eigenvalue weighted by molar-refractivity contribution is 0.190. The Bertz CT molecular complexity index is 104. The summed E-state index contributed by atoms with van der Waals surface area (Å²) in [5.41, 5.74) is 0. The molecule has 0 radical (unpaired) electrons. The highest BCUT2D eigenvalue weighted by molar-refractivity contribution is 6.30. The molecule has 0 heterocycles. The van der Waals surface area contributed by atoms with Crippen molar-refractivity contribution in [1.29, 1.82) is 0 Å². The second kappa shape index (κ2) is 2.91. The van der Waals surface area contributed by atoms with Crippen LogP contribution in [0.3, 0.4) is 0 Å². The zero-order valence-electron chi connectivity index (χ0n) is 3.47. The molecule has 0 saturated heterocycles. The molecule has 0 aliphatic rings. The second-order valence-electron chi connectivity index (χ2n) is 0.909. The molecule has 5 heteroatoms. The van der Waals surface area contributed by atoms with Crippen LogP contribution in [0.15, 0.2) is 11.1 Å². The molecule has 8 heavy (non-hydrogen) atoms. The van der Waals surface area contributed by atoms with Gasteiger partial charge in [0, 0.05) is 0 Å². The zero-order chi connectivity index (χ0) is 6.73. The van der Waals surface area contributed by atoms with Gasteiger partial charge in [-0.1, -0.05) is 11.6 Å². The molecule has 0 unspecified atom stereocenters. The van der Waals surface area contributed by atoms with Crippen molar-refractivity contribution in [2.75, 3.05) is 0 Å². The standard InChI is InChI=1S/C3HClF4/c4-1(2(5)6)3(7)8/h2H. The number of hydrogen-bond acceptors (Lipinski definition) is 0. The molecule has 0 atom stereocenters. The van der Waals surface area contributed by atoms with Crippen molar-refractivity contribution < 1.29 is 17.6 Å². The average molecular weight is 148 g/mol. The summed E-state index contributed by atoms with van der Waals surface area (Å²) in [7, 11) is 0. The summed E-state index contributed by atoms with van der Waals surface area (Å²) in [6.07, 6.45) is -5.79. The fraction of sp³-hybridized carbons (Fsp3) is 0.333. The summed E-state index contributed by atoms with van der Waals surface area (Å²) in [4.78, 5) is 0. The third kappa shape index (κ3) is 2.16. The van der Waals surface area contributed by atoms with E-state index in [1.807, 2.05) is 0 Å². The van der Waals surface area contributed by atoms with Crippen LogP contribution < -0.4 is 0 Å². The van der Waals surface area contributed by atoms with Gasteiger partial charge < -0.3 is 0 Å². The van der Waals surface area contributed by atoms with Gasteiger partial charge in [0.2, 0.25) is 0 Å². The van der Waals surface area contributed by atoms with Gasteiger partial charge in [-0.05, 0) is 0 Å². The molecule has 0 amide bonds. The van der Waals surface area contributed by atoms with Gasteiger partial charge in [-0.25, -0.2) is 8.78 Å². The molecule has 0 N–H and O–H groups in total. The lowest BCUT2D eigenvalue weighted by atomic mass is 10.6. The van der Waals surface area contributed by atoms with Crippen molar-refractivity contribution in [3.05, 3.63) is 11.1 Å². The minimum Gasteiger partial charge on any atom is -0.204 e. The number of alkyl halides is 2. The van der Waals surface area contributed by atoms with Crippen LogP contribution >= 0.6 is 11.6 Å². The number of rotatable bonds is 1. The fourth-order valence-electron chi connectivity index (χ4n) is 0.0825. The first-order valence-corrected chi connectivity index (χ1v) is 1.92. The summed E-state index contributed by atoms with van der Waals surface area (Å²) in [5, 5.41) is -1.68. The van der Waals surface area contributed by atoms with Crippen LogP contribution in [0.2, 0.25) is 0 Å². The minimum atomic E-state index is -3.26. The van der Waals surface area contributed by atoms with E-state index in [0.717, 1.165) is 0 Å². The Morgan fingerprint density at radius 1 is 1.25 bits per heavy atom. The summed E-state index contributed by atoms with van der Waals surface area (Å²) in [6.45, 7) is 0. The molecule has 0 saturated carbocycles. The Balaban J connectivity index is 4.00. The zero-order valence-corrected chi connectivity index (χ0v) is 4.22. The fourth-order valence-corrected chi connectivity index (χ4v) is 0.0825. The van der Waals surface area contributed by atoms with Gasteiger partial charge in [0.05, 0.1) is 0 Å². The van der Waals surface area contributed by atoms with E-state index in [1.54, 1.807) is 0 Å². The SMILES string of the molecule is FC(F)=C(Cl)C(F)F. The number of allylic oxidation sites excluding steroid dienone is 1. The summed E-state index contributed by atoms with van der Waals surface area (Å²) >= 11 is 4.33. The summed E-state index contributed by atoms with van der Waals surface area (Å²) < 4.78 is 43.9. The molecule has 0 rings (SSSR count). The van der Waals surface area contributed by atoms with E-state index in [0.29, 0.717) is 0 Å². The predicted molar refractivity (Wildman–Crippen MR) is 21.1 cm³/mol. The molecular weight excluding hydrogens is 147 g/mol. The van der Waals surface area contributed by atoms with Crippen LogP contribution in [0, 0.1) is 0 Å². The van der Waals surface area contributed by atoms with Crippen LogP contribution in [0.4, 0.5) is 17.6 Å². The van der Waals surface area contributed by atoms with E-state index < -0.39 is 17.5 Å². The maximum absolute atomic E-state index is 11.0. The Morgan fingerprint density at radius 2 is 1.62 bits per heavy atom. The molecule has 0 aliphatic heterocycles. The van der Waals surface area contributed by atoms with E-state index in [4.69, 9.17) is 0 Å². The molecule has 0 aliphatic carbocycles. The smallest absolute Gasteiger partial charge is 0.204 e. The third-order valence-corrected chi connectivity index (χ3v) is 0.680. The van der Waals surface area contributed by atoms with E-state index in [2.05, 4.69) is 11.6 Å². The van der Waals surface area contributed by atoms with Gasteiger partial charge in [-0.2, -0.15) is 8.78 Å². The molecule has 0 nitrogen and oxygen atoms in total. The first-order chi connectivity index (χ1) is 3.55. The normalized spacial score (nSPS) is 9.75. The highest BCUT2D eigenvalue weighted by Gasteiger charge is 2.13. The highest BCUT2D eigenvalue weighted by atomic mass is 35.5. The van der Waals surface area contributed by atoms with Crippen LogP contribution in [0.25, 0.3) is 0 Å². The minimum absolute atomic E-state index is 1.68. The van der Waals surface area contributed by atoms with Gasteiger partial charge >= 0.3 is 0 Å². The van der Waals surface area contributed by atoms with Gasteiger partial charge in [0.1, 0.15) is 5.03 Å². The van der Waals surface area contributed by atoms with E-state index in [1.165, 1.54) is 0 Å².